The van der Waals surface area contributed by atoms with Crippen molar-refractivity contribution in [3.8, 4) is 22.2 Å². The summed E-state index contributed by atoms with van der Waals surface area (Å²) in [5.41, 5.74) is 2.11. The fourth-order valence-electron chi connectivity index (χ4n) is 2.42. The number of fused-ring (bicyclic) bond motifs is 1. The van der Waals surface area contributed by atoms with Crippen LogP contribution in [0.2, 0.25) is 0 Å². The highest BCUT2D eigenvalue weighted by Gasteiger charge is 2.13. The first kappa shape index (κ1) is 15.5. The van der Waals surface area contributed by atoms with Crippen LogP contribution in [0.3, 0.4) is 0 Å². The number of ketones is 1. The highest BCUT2D eigenvalue weighted by atomic mass is 32.1. The van der Waals surface area contributed by atoms with Crippen molar-refractivity contribution >= 4 is 23.2 Å². The summed E-state index contributed by atoms with van der Waals surface area (Å²) in [5.74, 6) is 1.17. The second-order valence-corrected chi connectivity index (χ2v) is 6.21. The van der Waals surface area contributed by atoms with Crippen molar-refractivity contribution in [3.63, 3.8) is 0 Å². The molecule has 5 nitrogen and oxygen atoms in total. The van der Waals surface area contributed by atoms with E-state index >= 15 is 0 Å². The number of benzene rings is 1. The van der Waals surface area contributed by atoms with Gasteiger partial charge in [-0.15, -0.1) is 11.3 Å². The van der Waals surface area contributed by atoms with E-state index in [0.29, 0.717) is 30.3 Å². The first-order valence-electron chi connectivity index (χ1n) is 7.78. The Hall–Kier alpha value is -2.99. The Labute approximate surface area is 148 Å². The highest BCUT2D eigenvalue weighted by molar-refractivity contribution is 7.13. The number of aromatic nitrogens is 2. The van der Waals surface area contributed by atoms with Gasteiger partial charge < -0.3 is 9.47 Å². The molecule has 0 bridgehead atoms. The van der Waals surface area contributed by atoms with Gasteiger partial charge >= 0.3 is 0 Å². The third-order valence-electron chi connectivity index (χ3n) is 3.64. The summed E-state index contributed by atoms with van der Waals surface area (Å²) >= 11 is 1.50. The van der Waals surface area contributed by atoms with Gasteiger partial charge in [0.25, 0.3) is 0 Å². The van der Waals surface area contributed by atoms with E-state index in [1.807, 2.05) is 23.6 Å². The summed E-state index contributed by atoms with van der Waals surface area (Å²) in [5, 5.41) is 2.73. The average Bonchev–Trinajstić information content (AvgIpc) is 3.15. The molecule has 6 heteroatoms. The van der Waals surface area contributed by atoms with Crippen molar-refractivity contribution in [1.29, 1.82) is 0 Å². The van der Waals surface area contributed by atoms with Crippen molar-refractivity contribution in [2.45, 2.75) is 0 Å². The van der Waals surface area contributed by atoms with Gasteiger partial charge in [-0.1, -0.05) is 6.07 Å². The zero-order valence-electron chi connectivity index (χ0n) is 13.2. The standard InChI is InChI=1S/C19H14N2O3S/c22-16(13-4-7-17-18(11-13)24-10-9-23-17)6-5-14-12-25-19(21-14)15-3-1-2-8-20-15/h1-8,11-12H,9-10H2. The SMILES string of the molecule is O=C(C=Cc1csc(-c2ccccn2)n1)c1ccc2c(c1)OCCO2. The molecule has 124 valence electrons. The number of allylic oxidation sites excluding steroid dienone is 1. The Kier molecular flexibility index (Phi) is 4.26. The predicted molar refractivity (Wildman–Crippen MR) is 96.1 cm³/mol. The molecule has 0 saturated heterocycles. The minimum absolute atomic E-state index is 0.107. The number of nitrogens with zero attached hydrogens (tertiary/aromatic N) is 2. The van der Waals surface area contributed by atoms with Crippen LogP contribution in [0.25, 0.3) is 16.8 Å². The first-order chi connectivity index (χ1) is 12.3. The lowest BCUT2D eigenvalue weighted by atomic mass is 10.1. The summed E-state index contributed by atoms with van der Waals surface area (Å²) in [7, 11) is 0. The van der Waals surface area contributed by atoms with Gasteiger partial charge in [0.15, 0.2) is 17.3 Å². The number of carbonyl (C=O) groups is 1. The molecule has 0 saturated carbocycles. The lowest BCUT2D eigenvalue weighted by molar-refractivity contribution is 0.104. The Morgan fingerprint density at radius 1 is 1.12 bits per heavy atom. The van der Waals surface area contributed by atoms with Crippen molar-refractivity contribution in [2.75, 3.05) is 13.2 Å². The fourth-order valence-corrected chi connectivity index (χ4v) is 3.19. The number of hydrogen-bond donors (Lipinski definition) is 0. The van der Waals surface area contributed by atoms with Crippen LogP contribution in [-0.2, 0) is 0 Å². The lowest BCUT2D eigenvalue weighted by Gasteiger charge is -2.18. The van der Waals surface area contributed by atoms with Gasteiger partial charge in [-0.05, 0) is 42.5 Å². The van der Waals surface area contributed by atoms with Gasteiger partial charge in [0.05, 0.1) is 11.4 Å². The quantitative estimate of drug-likeness (QED) is 0.528. The third kappa shape index (κ3) is 3.44. The van der Waals surface area contributed by atoms with E-state index in [4.69, 9.17) is 9.47 Å². The fraction of sp³-hybridized carbons (Fsp3) is 0.105. The smallest absolute Gasteiger partial charge is 0.186 e. The van der Waals surface area contributed by atoms with Gasteiger partial charge in [0.1, 0.15) is 18.2 Å². The topological polar surface area (TPSA) is 61.3 Å². The van der Waals surface area contributed by atoms with Gasteiger partial charge in [-0.3, -0.25) is 9.78 Å². The molecule has 1 aliphatic rings. The minimum atomic E-state index is -0.107. The number of ether oxygens (including phenoxy) is 2. The summed E-state index contributed by atoms with van der Waals surface area (Å²) in [6, 6.07) is 10.9. The molecule has 0 unspecified atom stereocenters. The van der Waals surface area contributed by atoms with E-state index in [1.165, 1.54) is 17.4 Å². The molecular weight excluding hydrogens is 336 g/mol. The largest absolute Gasteiger partial charge is 0.486 e. The summed E-state index contributed by atoms with van der Waals surface area (Å²) in [6.45, 7) is 1.03. The second kappa shape index (κ2) is 6.86. The van der Waals surface area contributed by atoms with Gasteiger partial charge in [-0.2, -0.15) is 0 Å². The third-order valence-corrected chi connectivity index (χ3v) is 4.52. The van der Waals surface area contributed by atoms with Crippen LogP contribution < -0.4 is 9.47 Å². The monoisotopic (exact) mass is 350 g/mol. The minimum Gasteiger partial charge on any atom is -0.486 e. The summed E-state index contributed by atoms with van der Waals surface area (Å²) in [4.78, 5) is 21.1. The van der Waals surface area contributed by atoms with Crippen LogP contribution >= 0.6 is 11.3 Å². The molecule has 3 heterocycles. The van der Waals surface area contributed by atoms with Gasteiger partial charge in [-0.25, -0.2) is 4.98 Å². The van der Waals surface area contributed by atoms with Crippen molar-refractivity contribution in [1.82, 2.24) is 9.97 Å². The summed E-state index contributed by atoms with van der Waals surface area (Å²) < 4.78 is 11.0. The Balaban J connectivity index is 1.50. The maximum Gasteiger partial charge on any atom is 0.186 e. The molecule has 1 aliphatic heterocycles. The number of thiazole rings is 1. The van der Waals surface area contributed by atoms with E-state index in [0.717, 1.165) is 16.4 Å². The first-order valence-corrected chi connectivity index (χ1v) is 8.66. The van der Waals surface area contributed by atoms with Crippen molar-refractivity contribution in [3.05, 3.63) is 65.3 Å². The Bertz CT molecular complexity index is 935. The van der Waals surface area contributed by atoms with Crippen LogP contribution in [0.1, 0.15) is 16.1 Å². The van der Waals surface area contributed by atoms with Crippen LogP contribution in [-0.4, -0.2) is 29.0 Å². The van der Waals surface area contributed by atoms with E-state index in [-0.39, 0.29) is 5.78 Å². The Morgan fingerprint density at radius 3 is 2.84 bits per heavy atom. The zero-order valence-corrected chi connectivity index (χ0v) is 14.0. The van der Waals surface area contributed by atoms with Gasteiger partial charge in [0, 0.05) is 17.1 Å². The van der Waals surface area contributed by atoms with E-state index in [1.54, 1.807) is 30.5 Å². The highest BCUT2D eigenvalue weighted by Crippen LogP contribution is 2.31. The number of rotatable bonds is 4. The molecule has 3 aromatic rings. The molecule has 4 rings (SSSR count). The average molecular weight is 350 g/mol. The van der Waals surface area contributed by atoms with Gasteiger partial charge in [0.2, 0.25) is 0 Å². The molecule has 0 radical (unpaired) electrons. The normalized spacial score (nSPS) is 13.1. The predicted octanol–water partition coefficient (Wildman–Crippen LogP) is 3.87. The molecule has 0 fully saturated rings. The molecule has 2 aromatic heterocycles. The molecule has 0 aliphatic carbocycles. The van der Waals surface area contributed by atoms with Crippen molar-refractivity contribution < 1.29 is 14.3 Å². The molecule has 0 amide bonds. The van der Waals surface area contributed by atoms with Crippen LogP contribution in [0.15, 0.2) is 54.1 Å². The molecule has 1 aromatic carbocycles. The number of pyridine rings is 1. The van der Waals surface area contributed by atoms with Crippen molar-refractivity contribution in [2.24, 2.45) is 0 Å². The van der Waals surface area contributed by atoms with Crippen LogP contribution in [0, 0.1) is 0 Å². The maximum atomic E-state index is 12.4. The van der Waals surface area contributed by atoms with E-state index < -0.39 is 0 Å². The van der Waals surface area contributed by atoms with Crippen LogP contribution in [0.5, 0.6) is 11.5 Å². The number of carbonyl (C=O) groups excluding carboxylic acids is 1. The number of hydrogen-bond acceptors (Lipinski definition) is 6. The Morgan fingerprint density at radius 2 is 2.00 bits per heavy atom. The summed E-state index contributed by atoms with van der Waals surface area (Å²) in [6.07, 6.45) is 4.96. The molecule has 0 spiro atoms. The van der Waals surface area contributed by atoms with E-state index in [2.05, 4.69) is 9.97 Å². The van der Waals surface area contributed by atoms with E-state index in [9.17, 15) is 4.79 Å². The zero-order chi connectivity index (χ0) is 17.1. The van der Waals surface area contributed by atoms with Crippen LogP contribution in [0.4, 0.5) is 0 Å². The molecule has 0 atom stereocenters. The molecule has 0 N–H and O–H groups in total. The second-order valence-electron chi connectivity index (χ2n) is 5.35. The lowest BCUT2D eigenvalue weighted by Crippen LogP contribution is -2.15. The maximum absolute atomic E-state index is 12.4. The molecule has 25 heavy (non-hydrogen) atoms. The molecular formula is C19H14N2O3S.